The largest absolute Gasteiger partial charge is 0.478 e. The van der Waals surface area contributed by atoms with E-state index in [0.29, 0.717) is 5.56 Å². The zero-order valence-corrected chi connectivity index (χ0v) is 11.6. The van der Waals surface area contributed by atoms with Crippen LogP contribution in [0, 0.1) is 0 Å². The highest BCUT2D eigenvalue weighted by Crippen LogP contribution is 2.10. The minimum absolute atomic E-state index is 0.0400. The molecule has 0 fully saturated rings. The van der Waals surface area contributed by atoms with Crippen molar-refractivity contribution in [1.82, 2.24) is 9.29 Å². The summed E-state index contributed by atoms with van der Waals surface area (Å²) in [6.07, 6.45) is 3.13. The molecular formula is C13H14N2O4S. The highest BCUT2D eigenvalue weighted by molar-refractivity contribution is 7.89. The molecule has 2 N–H and O–H groups in total. The zero-order valence-electron chi connectivity index (χ0n) is 10.8. The number of benzene rings is 1. The quantitative estimate of drug-likeness (QED) is 0.867. The lowest BCUT2D eigenvalue weighted by Crippen LogP contribution is -2.23. The topological polar surface area (TPSA) is 88.4 Å². The molecule has 0 atom stereocenters. The van der Waals surface area contributed by atoms with E-state index in [-0.39, 0.29) is 17.0 Å². The third-order valence-corrected chi connectivity index (χ3v) is 4.14. The lowest BCUT2D eigenvalue weighted by Gasteiger charge is -2.06. The van der Waals surface area contributed by atoms with Crippen LogP contribution in [-0.4, -0.2) is 24.1 Å². The molecule has 0 unspecified atom stereocenters. The molecule has 0 saturated heterocycles. The van der Waals surface area contributed by atoms with Crippen LogP contribution in [0.1, 0.15) is 15.9 Å². The van der Waals surface area contributed by atoms with Gasteiger partial charge < -0.3 is 9.67 Å². The van der Waals surface area contributed by atoms with Gasteiger partial charge in [0.05, 0.1) is 10.5 Å². The summed E-state index contributed by atoms with van der Waals surface area (Å²) in [7, 11) is -1.86. The highest BCUT2D eigenvalue weighted by Gasteiger charge is 2.14. The Morgan fingerprint density at radius 1 is 1.35 bits per heavy atom. The predicted octanol–water partition coefficient (Wildman–Crippen LogP) is 1.20. The summed E-state index contributed by atoms with van der Waals surface area (Å²) in [5.41, 5.74) is 0.714. The third kappa shape index (κ3) is 3.25. The Morgan fingerprint density at radius 3 is 2.70 bits per heavy atom. The Bertz CT molecular complexity index is 734. The van der Waals surface area contributed by atoms with Gasteiger partial charge in [-0.3, -0.25) is 0 Å². The van der Waals surface area contributed by atoms with Crippen LogP contribution in [0.3, 0.4) is 0 Å². The number of aromatic nitrogens is 1. The number of hydrogen-bond donors (Lipinski definition) is 2. The van der Waals surface area contributed by atoms with E-state index in [1.54, 1.807) is 29.9 Å². The Hall–Kier alpha value is -2.12. The van der Waals surface area contributed by atoms with Gasteiger partial charge in [-0.2, -0.15) is 0 Å². The number of nitrogens with zero attached hydrogens (tertiary/aromatic N) is 1. The molecule has 1 aromatic heterocycles. The lowest BCUT2D eigenvalue weighted by molar-refractivity contribution is 0.0696. The SMILES string of the molecule is Cn1ccc(S(=O)(=O)NCc2cccc(C(=O)O)c2)c1. The van der Waals surface area contributed by atoms with Gasteiger partial charge >= 0.3 is 5.97 Å². The maximum atomic E-state index is 12.0. The summed E-state index contributed by atoms with van der Waals surface area (Å²) >= 11 is 0. The molecule has 6 nitrogen and oxygen atoms in total. The Balaban J connectivity index is 2.12. The van der Waals surface area contributed by atoms with Crippen LogP contribution < -0.4 is 4.72 Å². The van der Waals surface area contributed by atoms with E-state index in [0.717, 1.165) is 0 Å². The van der Waals surface area contributed by atoms with E-state index in [9.17, 15) is 13.2 Å². The molecular weight excluding hydrogens is 280 g/mol. The molecule has 2 rings (SSSR count). The number of rotatable bonds is 5. The molecule has 0 amide bonds. The fourth-order valence-electron chi connectivity index (χ4n) is 1.71. The van der Waals surface area contributed by atoms with Crippen LogP contribution in [0.2, 0.25) is 0 Å². The average Bonchev–Trinajstić information content (AvgIpc) is 2.84. The molecule has 0 bridgehead atoms. The smallest absolute Gasteiger partial charge is 0.335 e. The molecule has 0 radical (unpaired) electrons. The van der Waals surface area contributed by atoms with Crippen molar-refractivity contribution >= 4 is 16.0 Å². The molecule has 0 saturated carbocycles. The summed E-state index contributed by atoms with van der Waals surface area (Å²) < 4.78 is 28.1. The van der Waals surface area contributed by atoms with E-state index in [4.69, 9.17) is 5.11 Å². The first-order valence-corrected chi connectivity index (χ1v) is 7.31. The Kier molecular flexibility index (Phi) is 3.91. The van der Waals surface area contributed by atoms with Gasteiger partial charge in [0, 0.05) is 26.0 Å². The van der Waals surface area contributed by atoms with Crippen LogP contribution in [0.5, 0.6) is 0 Å². The van der Waals surface area contributed by atoms with Crippen molar-refractivity contribution in [1.29, 1.82) is 0 Å². The van der Waals surface area contributed by atoms with Crippen LogP contribution in [-0.2, 0) is 23.6 Å². The van der Waals surface area contributed by atoms with Gasteiger partial charge in [0.15, 0.2) is 0 Å². The second kappa shape index (κ2) is 5.48. The summed E-state index contributed by atoms with van der Waals surface area (Å²) in [4.78, 5) is 11.0. The van der Waals surface area contributed by atoms with Crippen molar-refractivity contribution in [2.45, 2.75) is 11.4 Å². The maximum Gasteiger partial charge on any atom is 0.335 e. The summed E-state index contributed by atoms with van der Waals surface area (Å²) in [5, 5.41) is 8.88. The van der Waals surface area contributed by atoms with E-state index < -0.39 is 16.0 Å². The van der Waals surface area contributed by atoms with Crippen molar-refractivity contribution in [2.24, 2.45) is 7.05 Å². The number of carboxylic acids is 1. The summed E-state index contributed by atoms with van der Waals surface area (Å²) in [6, 6.07) is 7.64. The van der Waals surface area contributed by atoms with E-state index >= 15 is 0 Å². The molecule has 0 aliphatic carbocycles. The molecule has 2 aromatic rings. The maximum absolute atomic E-state index is 12.0. The zero-order chi connectivity index (χ0) is 14.8. The monoisotopic (exact) mass is 294 g/mol. The van der Waals surface area contributed by atoms with Gasteiger partial charge in [0.2, 0.25) is 10.0 Å². The summed E-state index contributed by atoms with van der Waals surface area (Å²) in [5.74, 6) is -1.04. The number of carbonyl (C=O) groups is 1. The molecule has 1 heterocycles. The van der Waals surface area contributed by atoms with Crippen LogP contribution in [0.25, 0.3) is 0 Å². The molecule has 0 aliphatic rings. The standard InChI is InChI=1S/C13H14N2O4S/c1-15-6-5-12(9-15)20(18,19)14-8-10-3-2-4-11(7-10)13(16)17/h2-7,9,14H,8H2,1H3,(H,16,17). The first kappa shape index (κ1) is 14.3. The van der Waals surface area contributed by atoms with Gasteiger partial charge in [0.1, 0.15) is 0 Å². The Labute approximate surface area is 116 Å². The van der Waals surface area contributed by atoms with Crippen LogP contribution in [0.15, 0.2) is 47.6 Å². The molecule has 20 heavy (non-hydrogen) atoms. The van der Waals surface area contributed by atoms with Gasteiger partial charge in [-0.05, 0) is 23.8 Å². The number of sulfonamides is 1. The second-order valence-corrected chi connectivity index (χ2v) is 6.11. The number of aryl methyl sites for hydroxylation is 1. The fraction of sp³-hybridized carbons (Fsp3) is 0.154. The highest BCUT2D eigenvalue weighted by atomic mass is 32.2. The van der Waals surface area contributed by atoms with Crippen LogP contribution in [0.4, 0.5) is 0 Å². The van der Waals surface area contributed by atoms with E-state index in [1.807, 2.05) is 0 Å². The van der Waals surface area contributed by atoms with Gasteiger partial charge in [0.25, 0.3) is 0 Å². The van der Waals surface area contributed by atoms with Gasteiger partial charge in [-0.1, -0.05) is 12.1 Å². The van der Waals surface area contributed by atoms with Crippen molar-refractivity contribution in [3.63, 3.8) is 0 Å². The molecule has 0 spiro atoms. The first-order valence-electron chi connectivity index (χ1n) is 5.82. The minimum atomic E-state index is -3.59. The number of aromatic carboxylic acids is 1. The Morgan fingerprint density at radius 2 is 2.10 bits per heavy atom. The van der Waals surface area contributed by atoms with Gasteiger partial charge in [-0.15, -0.1) is 0 Å². The fourth-order valence-corrected chi connectivity index (χ4v) is 2.78. The predicted molar refractivity (Wildman–Crippen MR) is 72.8 cm³/mol. The second-order valence-electron chi connectivity index (χ2n) is 4.34. The number of carboxylic acid groups (broad SMARTS) is 1. The van der Waals surface area contributed by atoms with E-state index in [1.165, 1.54) is 24.4 Å². The average molecular weight is 294 g/mol. The molecule has 7 heteroatoms. The molecule has 1 aromatic carbocycles. The van der Waals surface area contributed by atoms with Crippen LogP contribution >= 0.6 is 0 Å². The first-order chi connectivity index (χ1) is 9.38. The third-order valence-electron chi connectivity index (χ3n) is 2.76. The van der Waals surface area contributed by atoms with Crippen molar-refractivity contribution in [2.75, 3.05) is 0 Å². The molecule has 106 valence electrons. The molecule has 0 aliphatic heterocycles. The minimum Gasteiger partial charge on any atom is -0.478 e. The lowest BCUT2D eigenvalue weighted by atomic mass is 10.1. The van der Waals surface area contributed by atoms with Crippen molar-refractivity contribution < 1.29 is 18.3 Å². The summed E-state index contributed by atoms with van der Waals surface area (Å²) in [6.45, 7) is 0.0400. The van der Waals surface area contributed by atoms with E-state index in [2.05, 4.69) is 4.72 Å². The number of nitrogens with one attached hydrogen (secondary N) is 1. The van der Waals surface area contributed by atoms with Crippen molar-refractivity contribution in [3.05, 3.63) is 53.9 Å². The van der Waals surface area contributed by atoms with Crippen molar-refractivity contribution in [3.8, 4) is 0 Å². The number of hydrogen-bond acceptors (Lipinski definition) is 3. The van der Waals surface area contributed by atoms with Gasteiger partial charge in [-0.25, -0.2) is 17.9 Å². The normalized spacial score (nSPS) is 11.4.